The number of ketones is 1. The molecule has 0 unspecified atom stereocenters. The molecule has 3 aromatic rings. The highest BCUT2D eigenvalue weighted by Gasteiger charge is 2.26. The molecule has 0 aliphatic carbocycles. The summed E-state index contributed by atoms with van der Waals surface area (Å²) in [5, 5.41) is 3.91. The number of benzene rings is 2. The molecule has 1 aromatic heterocycles. The second-order valence-corrected chi connectivity index (χ2v) is 11.0. The first-order valence-electron chi connectivity index (χ1n) is 13.8. The number of hydrogen-bond donors (Lipinski definition) is 1. The van der Waals surface area contributed by atoms with Crippen molar-refractivity contribution in [3.63, 3.8) is 0 Å². The number of ether oxygens (including phenoxy) is 1. The summed E-state index contributed by atoms with van der Waals surface area (Å²) >= 11 is 5.94. The number of nitrogens with zero attached hydrogens (tertiary/aromatic N) is 5. The van der Waals surface area contributed by atoms with Gasteiger partial charge < -0.3 is 15.0 Å². The van der Waals surface area contributed by atoms with Gasteiger partial charge in [-0.3, -0.25) is 14.6 Å². The van der Waals surface area contributed by atoms with Gasteiger partial charge in [-0.1, -0.05) is 17.7 Å². The second kappa shape index (κ2) is 13.0. The summed E-state index contributed by atoms with van der Waals surface area (Å²) in [4.78, 5) is 29.1. The van der Waals surface area contributed by atoms with Gasteiger partial charge in [-0.15, -0.1) is 0 Å². The maximum absolute atomic E-state index is 13.6. The van der Waals surface area contributed by atoms with Crippen LogP contribution in [-0.2, 0) is 11.2 Å². The van der Waals surface area contributed by atoms with Gasteiger partial charge in [-0.2, -0.15) is 0 Å². The van der Waals surface area contributed by atoms with E-state index in [-0.39, 0.29) is 17.2 Å². The Kier molecular flexibility index (Phi) is 9.26. The molecule has 0 bridgehead atoms. The number of halogens is 2. The quantitative estimate of drug-likeness (QED) is 0.378. The number of piperidine rings is 1. The van der Waals surface area contributed by atoms with E-state index in [4.69, 9.17) is 16.3 Å². The standard InChI is InChI=1S/C30H36ClFN6O2/c1-36-12-14-38(15-13-36)23-7-10-37(11-8-23)9-3-4-24(39)16-21-17-25-28(19-29(21)40-2)33-20-34-30(25)35-22-5-6-27(32)26(31)18-22/h3-6,17-20,23H,7-16H2,1-2H3,(H,33,34,35)/b4-3+. The number of rotatable bonds is 9. The molecule has 40 heavy (non-hydrogen) atoms. The minimum atomic E-state index is -0.492. The van der Waals surface area contributed by atoms with Gasteiger partial charge in [-0.05, 0) is 63.3 Å². The van der Waals surface area contributed by atoms with Gasteiger partial charge >= 0.3 is 0 Å². The molecule has 1 N–H and O–H groups in total. The number of allylic oxidation sites excluding steroid dienone is 1. The van der Waals surface area contributed by atoms with Crippen LogP contribution in [0.25, 0.3) is 10.9 Å². The zero-order valence-corrected chi connectivity index (χ0v) is 23.8. The molecule has 2 aliphatic rings. The van der Waals surface area contributed by atoms with E-state index in [1.54, 1.807) is 25.3 Å². The number of likely N-dealkylation sites (N-methyl/N-ethyl adjacent to an activating group) is 1. The molecule has 8 nitrogen and oxygen atoms in total. The first-order chi connectivity index (χ1) is 19.4. The molecule has 10 heteroatoms. The van der Waals surface area contributed by atoms with E-state index >= 15 is 0 Å². The van der Waals surface area contributed by atoms with Crippen LogP contribution in [0.4, 0.5) is 15.9 Å². The molecule has 0 atom stereocenters. The first kappa shape index (κ1) is 28.4. The number of methoxy groups -OCH3 is 1. The van der Waals surface area contributed by atoms with Crippen LogP contribution < -0.4 is 10.1 Å². The van der Waals surface area contributed by atoms with E-state index < -0.39 is 5.82 Å². The van der Waals surface area contributed by atoms with Crippen molar-refractivity contribution >= 4 is 39.8 Å². The van der Waals surface area contributed by atoms with Gasteiger partial charge in [0.25, 0.3) is 0 Å². The smallest absolute Gasteiger partial charge is 0.159 e. The zero-order chi connectivity index (χ0) is 28.1. The molecule has 2 saturated heterocycles. The van der Waals surface area contributed by atoms with Gasteiger partial charge in [0.2, 0.25) is 0 Å². The molecule has 5 rings (SSSR count). The van der Waals surface area contributed by atoms with Crippen molar-refractivity contribution < 1.29 is 13.9 Å². The summed E-state index contributed by atoms with van der Waals surface area (Å²) in [6.45, 7) is 7.53. The molecule has 0 radical (unpaired) electrons. The van der Waals surface area contributed by atoms with E-state index in [0.717, 1.165) is 56.8 Å². The number of likely N-dealkylation sites (tertiary alicyclic amines) is 1. The Balaban J connectivity index is 1.20. The second-order valence-electron chi connectivity index (χ2n) is 10.6. The van der Waals surface area contributed by atoms with Crippen molar-refractivity contribution in [3.8, 4) is 5.75 Å². The van der Waals surface area contributed by atoms with E-state index in [0.29, 0.717) is 28.8 Å². The van der Waals surface area contributed by atoms with Crippen molar-refractivity contribution in [1.82, 2.24) is 24.7 Å². The Morgan fingerprint density at radius 3 is 2.62 bits per heavy atom. The molecule has 2 aliphatic heterocycles. The average molecular weight is 567 g/mol. The van der Waals surface area contributed by atoms with Crippen LogP contribution in [0.3, 0.4) is 0 Å². The summed E-state index contributed by atoms with van der Waals surface area (Å²) in [6.07, 6.45) is 7.65. The minimum absolute atomic E-state index is 0.00153. The zero-order valence-electron chi connectivity index (χ0n) is 23.1. The van der Waals surface area contributed by atoms with Crippen LogP contribution in [0, 0.1) is 5.82 Å². The molecule has 3 heterocycles. The Hall–Kier alpha value is -3.11. The summed E-state index contributed by atoms with van der Waals surface area (Å²) in [7, 11) is 3.77. The van der Waals surface area contributed by atoms with E-state index in [9.17, 15) is 9.18 Å². The average Bonchev–Trinajstić information content (AvgIpc) is 2.96. The van der Waals surface area contributed by atoms with Gasteiger partial charge in [0.15, 0.2) is 5.78 Å². The third-order valence-electron chi connectivity index (χ3n) is 7.86. The number of aromatic nitrogens is 2. The van der Waals surface area contributed by atoms with Crippen LogP contribution in [0.2, 0.25) is 5.02 Å². The van der Waals surface area contributed by atoms with Crippen molar-refractivity contribution in [1.29, 1.82) is 0 Å². The summed E-state index contributed by atoms with van der Waals surface area (Å²) < 4.78 is 19.2. The highest BCUT2D eigenvalue weighted by molar-refractivity contribution is 6.31. The van der Waals surface area contributed by atoms with Crippen LogP contribution in [0.15, 0.2) is 48.8 Å². The molecular formula is C30H36ClFN6O2. The fraction of sp³-hybridized carbons (Fsp3) is 0.433. The van der Waals surface area contributed by atoms with Gasteiger partial charge in [0.05, 0.1) is 17.6 Å². The lowest BCUT2D eigenvalue weighted by molar-refractivity contribution is -0.114. The lowest BCUT2D eigenvalue weighted by Crippen LogP contribution is -2.52. The lowest BCUT2D eigenvalue weighted by atomic mass is 10.0. The number of piperazine rings is 1. The third kappa shape index (κ3) is 6.96. The molecule has 212 valence electrons. The summed E-state index contributed by atoms with van der Waals surface area (Å²) in [5.74, 6) is 0.629. The van der Waals surface area contributed by atoms with E-state index in [1.807, 2.05) is 12.1 Å². The largest absolute Gasteiger partial charge is 0.496 e. The number of nitrogens with one attached hydrogen (secondary N) is 1. The highest BCUT2D eigenvalue weighted by Crippen LogP contribution is 2.31. The van der Waals surface area contributed by atoms with Crippen molar-refractivity contribution in [2.24, 2.45) is 0 Å². The van der Waals surface area contributed by atoms with Crippen molar-refractivity contribution in [2.45, 2.75) is 25.3 Å². The maximum atomic E-state index is 13.6. The van der Waals surface area contributed by atoms with Crippen molar-refractivity contribution in [2.75, 3.05) is 65.3 Å². The maximum Gasteiger partial charge on any atom is 0.159 e. The number of hydrogen-bond acceptors (Lipinski definition) is 8. The van der Waals surface area contributed by atoms with E-state index in [2.05, 4.69) is 37.0 Å². The van der Waals surface area contributed by atoms with Gasteiger partial charge in [-0.25, -0.2) is 14.4 Å². The Morgan fingerprint density at radius 2 is 1.90 bits per heavy atom. The number of fused-ring (bicyclic) bond motifs is 1. The minimum Gasteiger partial charge on any atom is -0.496 e. The topological polar surface area (TPSA) is 73.8 Å². The normalized spacial score (nSPS) is 18.0. The Labute approximate surface area is 239 Å². The number of carbonyl (C=O) groups excluding carboxylic acids is 1. The molecule has 0 amide bonds. The molecular weight excluding hydrogens is 531 g/mol. The van der Waals surface area contributed by atoms with Gasteiger partial charge in [0.1, 0.15) is 23.7 Å². The monoisotopic (exact) mass is 566 g/mol. The molecule has 0 saturated carbocycles. The SMILES string of the molecule is COc1cc2ncnc(Nc3ccc(F)c(Cl)c3)c2cc1CC(=O)/C=C/CN1CCC(N2CCN(C)CC2)CC1. The molecule has 0 spiro atoms. The summed E-state index contributed by atoms with van der Waals surface area (Å²) in [6, 6.07) is 8.73. The fourth-order valence-corrected chi connectivity index (χ4v) is 5.68. The van der Waals surface area contributed by atoms with Crippen LogP contribution in [0.5, 0.6) is 5.75 Å². The molecule has 2 aromatic carbocycles. The Bertz CT molecular complexity index is 1370. The summed E-state index contributed by atoms with van der Waals surface area (Å²) in [5.41, 5.74) is 2.00. The predicted octanol–water partition coefficient (Wildman–Crippen LogP) is 4.55. The molecule has 2 fully saturated rings. The number of carbonyl (C=O) groups is 1. The van der Waals surface area contributed by atoms with Crippen LogP contribution in [-0.4, -0.2) is 96.5 Å². The first-order valence-corrected chi connectivity index (χ1v) is 14.2. The van der Waals surface area contributed by atoms with E-state index in [1.165, 1.54) is 31.3 Å². The fourth-order valence-electron chi connectivity index (χ4n) is 5.50. The highest BCUT2D eigenvalue weighted by atomic mass is 35.5. The Morgan fingerprint density at radius 1 is 1.12 bits per heavy atom. The predicted molar refractivity (Wildman–Crippen MR) is 157 cm³/mol. The third-order valence-corrected chi connectivity index (χ3v) is 8.15. The lowest BCUT2D eigenvalue weighted by Gasteiger charge is -2.41. The number of anilines is 2. The van der Waals surface area contributed by atoms with Crippen molar-refractivity contribution in [3.05, 3.63) is 65.2 Å². The van der Waals surface area contributed by atoms with Gasteiger partial charge in [0, 0.05) is 67.9 Å². The van der Waals surface area contributed by atoms with Crippen LogP contribution >= 0.6 is 11.6 Å². The van der Waals surface area contributed by atoms with Crippen LogP contribution in [0.1, 0.15) is 18.4 Å².